The van der Waals surface area contributed by atoms with E-state index in [4.69, 9.17) is 0 Å². The molecule has 0 saturated carbocycles. The summed E-state index contributed by atoms with van der Waals surface area (Å²) in [6, 6.07) is 8.36. The molecule has 1 aliphatic rings. The Kier molecular flexibility index (Phi) is 5.27. The topological polar surface area (TPSA) is 82.5 Å². The number of nitrogens with one attached hydrogen (secondary N) is 1. The molecular formula is C18H21N3O3S. The molecule has 2 atom stereocenters. The maximum absolute atomic E-state index is 12.5. The fourth-order valence-electron chi connectivity index (χ4n) is 2.91. The Labute approximate surface area is 149 Å². The summed E-state index contributed by atoms with van der Waals surface area (Å²) < 4.78 is 11.5. The Bertz CT molecular complexity index is 808. The number of carbonyl (C=O) groups is 1. The zero-order valence-corrected chi connectivity index (χ0v) is 15.0. The first-order valence-electron chi connectivity index (χ1n) is 7.99. The number of amides is 1. The maximum atomic E-state index is 12.5. The zero-order valence-electron chi connectivity index (χ0n) is 14.2. The van der Waals surface area contributed by atoms with Crippen LogP contribution in [0.1, 0.15) is 33.2 Å². The van der Waals surface area contributed by atoms with E-state index in [2.05, 4.69) is 15.2 Å². The molecule has 132 valence electrons. The molecular weight excluding hydrogens is 338 g/mol. The predicted octanol–water partition coefficient (Wildman–Crippen LogP) is 1.23. The number of nitrogens with zero attached hydrogens (tertiary/aromatic N) is 2. The first-order valence-corrected chi connectivity index (χ1v) is 9.55. The molecule has 0 fully saturated rings. The van der Waals surface area contributed by atoms with E-state index >= 15 is 0 Å². The predicted molar refractivity (Wildman–Crippen MR) is 95.5 cm³/mol. The van der Waals surface area contributed by atoms with Gasteiger partial charge in [0.2, 0.25) is 0 Å². The molecule has 0 saturated heterocycles. The summed E-state index contributed by atoms with van der Waals surface area (Å²) in [4.78, 5) is 19.7. The van der Waals surface area contributed by atoms with Gasteiger partial charge in [-0.3, -0.25) is 18.9 Å². The van der Waals surface area contributed by atoms with Gasteiger partial charge < -0.3 is 10.4 Å². The van der Waals surface area contributed by atoms with Crippen LogP contribution in [0, 0.1) is 0 Å². The number of aliphatic hydroxyl groups is 1. The lowest BCUT2D eigenvalue weighted by atomic mass is 10.1. The highest BCUT2D eigenvalue weighted by atomic mass is 32.2. The fourth-order valence-corrected chi connectivity index (χ4v) is 3.43. The van der Waals surface area contributed by atoms with Gasteiger partial charge in [-0.25, -0.2) is 0 Å². The van der Waals surface area contributed by atoms with Crippen molar-refractivity contribution in [3.8, 4) is 0 Å². The smallest absolute Gasteiger partial charge is 0.253 e. The van der Waals surface area contributed by atoms with Crippen molar-refractivity contribution < 1.29 is 14.1 Å². The van der Waals surface area contributed by atoms with E-state index in [0.717, 1.165) is 29.9 Å². The summed E-state index contributed by atoms with van der Waals surface area (Å²) in [5, 5.41) is 12.5. The number of benzene rings is 1. The lowest BCUT2D eigenvalue weighted by molar-refractivity contribution is 0.0915. The minimum atomic E-state index is -1.06. The molecule has 2 heterocycles. The molecule has 7 heteroatoms. The SMILES string of the molecule is CN1Cc2cc(C(=O)NC(CO)c3ccc(S(C)=O)cc3)cnc2C1. The van der Waals surface area contributed by atoms with Gasteiger partial charge in [0, 0.05) is 41.2 Å². The number of aromatic nitrogens is 1. The van der Waals surface area contributed by atoms with Gasteiger partial charge >= 0.3 is 0 Å². The number of carbonyl (C=O) groups excluding carboxylic acids is 1. The van der Waals surface area contributed by atoms with Crippen molar-refractivity contribution in [2.75, 3.05) is 19.9 Å². The van der Waals surface area contributed by atoms with Crippen LogP contribution in [0.25, 0.3) is 0 Å². The molecule has 0 bridgehead atoms. The second-order valence-corrected chi connectivity index (χ2v) is 7.61. The highest BCUT2D eigenvalue weighted by Crippen LogP contribution is 2.21. The second kappa shape index (κ2) is 7.43. The maximum Gasteiger partial charge on any atom is 0.253 e. The third-order valence-corrected chi connectivity index (χ3v) is 5.22. The molecule has 1 aromatic heterocycles. The van der Waals surface area contributed by atoms with E-state index in [1.165, 1.54) is 0 Å². The van der Waals surface area contributed by atoms with Crippen molar-refractivity contribution in [3.63, 3.8) is 0 Å². The van der Waals surface area contributed by atoms with Crippen LogP contribution in [-0.2, 0) is 23.9 Å². The van der Waals surface area contributed by atoms with Crippen LogP contribution in [0.15, 0.2) is 41.4 Å². The van der Waals surface area contributed by atoms with E-state index in [0.29, 0.717) is 10.5 Å². The molecule has 0 aliphatic carbocycles. The average molecular weight is 359 g/mol. The van der Waals surface area contributed by atoms with E-state index in [1.807, 2.05) is 13.1 Å². The minimum Gasteiger partial charge on any atom is -0.394 e. The van der Waals surface area contributed by atoms with Gasteiger partial charge in [0.25, 0.3) is 5.91 Å². The van der Waals surface area contributed by atoms with Crippen molar-refractivity contribution in [1.29, 1.82) is 0 Å². The van der Waals surface area contributed by atoms with Gasteiger partial charge in [0.1, 0.15) is 0 Å². The summed E-state index contributed by atoms with van der Waals surface area (Å²) in [6.07, 6.45) is 3.18. The number of hydrogen-bond acceptors (Lipinski definition) is 5. The Hall–Kier alpha value is -2.09. The van der Waals surface area contributed by atoms with Crippen molar-refractivity contribution in [2.45, 2.75) is 24.0 Å². The Morgan fingerprint density at radius 2 is 2.08 bits per heavy atom. The highest BCUT2D eigenvalue weighted by Gasteiger charge is 2.20. The summed E-state index contributed by atoms with van der Waals surface area (Å²) in [5.41, 5.74) is 3.31. The average Bonchev–Trinajstić information content (AvgIpc) is 2.98. The molecule has 0 radical (unpaired) electrons. The Morgan fingerprint density at radius 1 is 1.36 bits per heavy atom. The second-order valence-electron chi connectivity index (χ2n) is 6.23. The quantitative estimate of drug-likeness (QED) is 0.839. The standard InChI is InChI=1S/C18H21N3O3S/c1-21-9-14-7-13(8-19-16(14)10-21)18(23)20-17(11-22)12-3-5-15(6-4-12)25(2)24/h3-8,17,22H,9-11H2,1-2H3,(H,20,23). The van der Waals surface area contributed by atoms with Crippen LogP contribution < -0.4 is 5.32 Å². The van der Waals surface area contributed by atoms with Gasteiger partial charge in [-0.2, -0.15) is 0 Å². The van der Waals surface area contributed by atoms with Gasteiger partial charge in [0.15, 0.2) is 0 Å². The summed E-state index contributed by atoms with van der Waals surface area (Å²) in [5.74, 6) is -0.271. The van der Waals surface area contributed by atoms with Crippen LogP contribution in [0.3, 0.4) is 0 Å². The molecule has 2 unspecified atom stereocenters. The lowest BCUT2D eigenvalue weighted by Gasteiger charge is -2.17. The molecule has 25 heavy (non-hydrogen) atoms. The van der Waals surface area contributed by atoms with Crippen molar-refractivity contribution in [2.24, 2.45) is 0 Å². The summed E-state index contributed by atoms with van der Waals surface area (Å²) in [7, 11) is 0.952. The molecule has 6 nitrogen and oxygen atoms in total. The number of aliphatic hydroxyl groups excluding tert-OH is 1. The monoisotopic (exact) mass is 359 g/mol. The van der Waals surface area contributed by atoms with Crippen molar-refractivity contribution in [1.82, 2.24) is 15.2 Å². The first-order chi connectivity index (χ1) is 12.0. The van der Waals surface area contributed by atoms with Gasteiger partial charge in [0.05, 0.1) is 23.9 Å². The third kappa shape index (κ3) is 3.95. The summed E-state index contributed by atoms with van der Waals surface area (Å²) in [6.45, 7) is 1.35. The number of fused-ring (bicyclic) bond motifs is 1. The Morgan fingerprint density at radius 3 is 2.72 bits per heavy atom. The largest absolute Gasteiger partial charge is 0.394 e. The minimum absolute atomic E-state index is 0.221. The summed E-state index contributed by atoms with van der Waals surface area (Å²) >= 11 is 0. The van der Waals surface area contributed by atoms with Crippen LogP contribution in [-0.4, -0.2) is 45.0 Å². The first kappa shape index (κ1) is 17.7. The van der Waals surface area contributed by atoms with Gasteiger partial charge in [-0.05, 0) is 36.4 Å². The van der Waals surface area contributed by atoms with Crippen LogP contribution in [0.5, 0.6) is 0 Å². The van der Waals surface area contributed by atoms with Crippen molar-refractivity contribution >= 4 is 16.7 Å². The molecule has 2 N–H and O–H groups in total. The normalized spacial score (nSPS) is 16.3. The molecule has 1 amide bonds. The molecule has 3 rings (SSSR count). The number of hydrogen-bond donors (Lipinski definition) is 2. The third-order valence-electron chi connectivity index (χ3n) is 4.28. The number of rotatable bonds is 5. The molecule has 2 aromatic rings. The van der Waals surface area contributed by atoms with Crippen LogP contribution in [0.2, 0.25) is 0 Å². The molecule has 0 spiro atoms. The fraction of sp³-hybridized carbons (Fsp3) is 0.333. The van der Waals surface area contributed by atoms with E-state index in [9.17, 15) is 14.1 Å². The Balaban J connectivity index is 1.74. The van der Waals surface area contributed by atoms with Crippen LogP contribution >= 0.6 is 0 Å². The van der Waals surface area contributed by atoms with Crippen LogP contribution in [0.4, 0.5) is 0 Å². The van der Waals surface area contributed by atoms with Gasteiger partial charge in [-0.1, -0.05) is 12.1 Å². The zero-order chi connectivity index (χ0) is 18.0. The highest BCUT2D eigenvalue weighted by molar-refractivity contribution is 7.84. The van der Waals surface area contributed by atoms with Gasteiger partial charge in [-0.15, -0.1) is 0 Å². The molecule has 1 aromatic carbocycles. The lowest BCUT2D eigenvalue weighted by Crippen LogP contribution is -2.31. The van der Waals surface area contributed by atoms with E-state index in [-0.39, 0.29) is 12.5 Å². The van der Waals surface area contributed by atoms with E-state index < -0.39 is 16.8 Å². The van der Waals surface area contributed by atoms with E-state index in [1.54, 1.807) is 36.7 Å². The van der Waals surface area contributed by atoms with Crippen molar-refractivity contribution in [3.05, 3.63) is 58.9 Å². The molecule has 1 aliphatic heterocycles. The number of pyridine rings is 1.